The first-order chi connectivity index (χ1) is 22.2. The number of pyridine rings is 2. The number of fused-ring (bicyclic) bond motifs is 3. The zero-order valence-corrected chi connectivity index (χ0v) is 26.3. The molecule has 0 unspecified atom stereocenters. The van der Waals surface area contributed by atoms with Gasteiger partial charge >= 0.3 is 0 Å². The fraction of sp³-hybridized carbons (Fsp3) is 0.265. The SMILES string of the molecule is Cc1ccc(Sn2cc3c4c(cn(C)c(=O)c42)-c2cc4c(cc2N(c2ncc(F)cc2F)C3)N(C(=O)CCCCN)CCN4)cc1. The molecule has 7 rings (SSSR count). The zero-order chi connectivity index (χ0) is 32.1. The number of anilines is 4. The molecule has 0 saturated carbocycles. The fourth-order valence-electron chi connectivity index (χ4n) is 6.30. The second-order valence-corrected chi connectivity index (χ2v) is 12.8. The third kappa shape index (κ3) is 5.21. The lowest BCUT2D eigenvalue weighted by molar-refractivity contribution is -0.118. The quantitative estimate of drug-likeness (QED) is 0.208. The molecule has 0 radical (unpaired) electrons. The molecule has 9 nitrogen and oxygen atoms in total. The van der Waals surface area contributed by atoms with Gasteiger partial charge in [0.05, 0.1) is 29.8 Å². The van der Waals surface area contributed by atoms with Crippen LogP contribution in [-0.4, -0.2) is 39.1 Å². The average molecular weight is 642 g/mol. The minimum absolute atomic E-state index is 0.0158. The lowest BCUT2D eigenvalue weighted by Crippen LogP contribution is -2.39. The summed E-state index contributed by atoms with van der Waals surface area (Å²) in [6.07, 6.45) is 6.51. The number of hydrogen-bond donors (Lipinski definition) is 2. The normalized spacial score (nSPS) is 13.8. The molecule has 5 heterocycles. The van der Waals surface area contributed by atoms with E-state index in [0.717, 1.165) is 56.9 Å². The van der Waals surface area contributed by atoms with Crippen LogP contribution in [0, 0.1) is 18.6 Å². The number of hydrogen-bond acceptors (Lipinski definition) is 7. The maximum atomic E-state index is 15.6. The minimum Gasteiger partial charge on any atom is -0.382 e. The van der Waals surface area contributed by atoms with Crippen molar-refractivity contribution in [1.82, 2.24) is 13.5 Å². The molecule has 2 aromatic carbocycles. The Balaban J connectivity index is 1.46. The number of carbonyl (C=O) groups is 1. The maximum absolute atomic E-state index is 15.6. The highest BCUT2D eigenvalue weighted by Gasteiger charge is 2.32. The molecular formula is C34H33F2N7O2S. The van der Waals surface area contributed by atoms with Crippen LogP contribution in [-0.2, 0) is 18.4 Å². The molecule has 0 saturated heterocycles. The predicted octanol–water partition coefficient (Wildman–Crippen LogP) is 6.08. The van der Waals surface area contributed by atoms with Gasteiger partial charge in [-0.25, -0.2) is 13.8 Å². The Bertz CT molecular complexity index is 2060. The van der Waals surface area contributed by atoms with Crippen molar-refractivity contribution in [3.8, 4) is 11.1 Å². The third-order valence-electron chi connectivity index (χ3n) is 8.55. The summed E-state index contributed by atoms with van der Waals surface area (Å²) < 4.78 is 33.1. The first kappa shape index (κ1) is 30.0. The predicted molar refractivity (Wildman–Crippen MR) is 179 cm³/mol. The minimum atomic E-state index is -0.817. The molecule has 1 amide bonds. The number of aryl methyl sites for hydroxylation is 2. The summed E-state index contributed by atoms with van der Waals surface area (Å²) in [5.74, 6) is -1.67. The van der Waals surface area contributed by atoms with Crippen LogP contribution in [0.3, 0.4) is 0 Å². The average Bonchev–Trinajstić information content (AvgIpc) is 3.34. The van der Waals surface area contributed by atoms with Crippen LogP contribution < -0.4 is 26.4 Å². The van der Waals surface area contributed by atoms with Crippen LogP contribution >= 0.6 is 11.9 Å². The number of amides is 1. The number of nitrogens with two attached hydrogens (primary N) is 1. The molecule has 0 atom stereocenters. The first-order valence-electron chi connectivity index (χ1n) is 15.2. The van der Waals surface area contributed by atoms with Crippen LogP contribution in [0.5, 0.6) is 0 Å². The van der Waals surface area contributed by atoms with Gasteiger partial charge in [0.25, 0.3) is 5.56 Å². The second kappa shape index (κ2) is 11.9. The van der Waals surface area contributed by atoms with E-state index in [9.17, 15) is 14.0 Å². The van der Waals surface area contributed by atoms with Crippen LogP contribution in [0.15, 0.2) is 70.7 Å². The van der Waals surface area contributed by atoms with E-state index >= 15 is 4.39 Å². The van der Waals surface area contributed by atoms with Crippen LogP contribution in [0.4, 0.5) is 31.7 Å². The fourth-order valence-corrected chi connectivity index (χ4v) is 7.22. The van der Waals surface area contributed by atoms with Gasteiger partial charge in [0.2, 0.25) is 5.91 Å². The summed E-state index contributed by atoms with van der Waals surface area (Å²) in [6.45, 7) is 3.72. The maximum Gasteiger partial charge on any atom is 0.275 e. The van der Waals surface area contributed by atoms with Crippen molar-refractivity contribution in [2.75, 3.05) is 34.8 Å². The molecule has 0 bridgehead atoms. The van der Waals surface area contributed by atoms with E-state index in [-0.39, 0.29) is 23.8 Å². The van der Waals surface area contributed by atoms with E-state index in [4.69, 9.17) is 5.73 Å². The van der Waals surface area contributed by atoms with Gasteiger partial charge in [-0.05, 0) is 68.1 Å². The molecule has 3 aromatic heterocycles. The number of benzene rings is 2. The smallest absolute Gasteiger partial charge is 0.275 e. The third-order valence-corrected chi connectivity index (χ3v) is 9.51. The summed E-state index contributed by atoms with van der Waals surface area (Å²) in [5, 5.41) is 4.18. The van der Waals surface area contributed by atoms with Crippen molar-refractivity contribution < 1.29 is 13.6 Å². The Kier molecular flexibility index (Phi) is 7.77. The monoisotopic (exact) mass is 641 g/mol. The van der Waals surface area contributed by atoms with Gasteiger partial charge in [0, 0.05) is 66.4 Å². The van der Waals surface area contributed by atoms with E-state index in [1.165, 1.54) is 11.9 Å². The highest BCUT2D eigenvalue weighted by Crippen LogP contribution is 2.49. The lowest BCUT2D eigenvalue weighted by atomic mass is 9.98. The number of unbranched alkanes of at least 4 members (excludes halogenated alkanes) is 1. The molecule has 2 aliphatic heterocycles. The summed E-state index contributed by atoms with van der Waals surface area (Å²) in [4.78, 5) is 35.8. The molecule has 0 spiro atoms. The van der Waals surface area contributed by atoms with Gasteiger partial charge in [-0.3, -0.25) is 13.6 Å². The van der Waals surface area contributed by atoms with Crippen molar-refractivity contribution in [2.45, 2.75) is 37.6 Å². The molecule has 236 valence electrons. The van der Waals surface area contributed by atoms with E-state index in [2.05, 4.69) is 10.3 Å². The zero-order valence-electron chi connectivity index (χ0n) is 25.5. The van der Waals surface area contributed by atoms with Crippen molar-refractivity contribution in [3.63, 3.8) is 0 Å². The number of aromatic nitrogens is 3. The number of carbonyl (C=O) groups excluding carboxylic acids is 1. The van der Waals surface area contributed by atoms with Gasteiger partial charge in [-0.1, -0.05) is 17.7 Å². The van der Waals surface area contributed by atoms with Crippen LogP contribution in [0.1, 0.15) is 30.4 Å². The largest absolute Gasteiger partial charge is 0.382 e. The van der Waals surface area contributed by atoms with Gasteiger partial charge in [0.15, 0.2) is 11.6 Å². The van der Waals surface area contributed by atoms with Gasteiger partial charge in [0.1, 0.15) is 11.3 Å². The molecule has 12 heteroatoms. The molecular weight excluding hydrogens is 608 g/mol. The summed E-state index contributed by atoms with van der Waals surface area (Å²) in [7, 11) is 1.72. The van der Waals surface area contributed by atoms with Gasteiger partial charge in [-0.15, -0.1) is 0 Å². The number of rotatable bonds is 7. The lowest BCUT2D eigenvalue weighted by Gasteiger charge is -2.33. The van der Waals surface area contributed by atoms with Gasteiger partial charge < -0.3 is 25.4 Å². The van der Waals surface area contributed by atoms with Crippen LogP contribution in [0.2, 0.25) is 0 Å². The number of nitrogens with one attached hydrogen (secondary N) is 1. The number of nitrogens with zero attached hydrogens (tertiary/aromatic N) is 5. The van der Waals surface area contributed by atoms with Crippen molar-refractivity contribution in [1.29, 1.82) is 0 Å². The molecule has 46 heavy (non-hydrogen) atoms. The highest BCUT2D eigenvalue weighted by molar-refractivity contribution is 7.98. The Labute approximate surface area is 268 Å². The van der Waals surface area contributed by atoms with E-state index in [1.807, 2.05) is 53.5 Å². The Morgan fingerprint density at radius 2 is 1.87 bits per heavy atom. The van der Waals surface area contributed by atoms with Crippen molar-refractivity contribution in [3.05, 3.63) is 94.2 Å². The molecule has 3 N–H and O–H groups in total. The highest BCUT2D eigenvalue weighted by atomic mass is 32.2. The van der Waals surface area contributed by atoms with E-state index in [1.54, 1.807) is 27.6 Å². The number of halogens is 2. The Hall–Kier alpha value is -4.68. The molecule has 0 fully saturated rings. The topological polar surface area (TPSA) is 101 Å². The van der Waals surface area contributed by atoms with Crippen LogP contribution in [0.25, 0.3) is 22.0 Å². The van der Waals surface area contributed by atoms with Gasteiger partial charge in [-0.2, -0.15) is 0 Å². The standard InChI is InChI=1S/C34H33F2N7O2S/c1-20-6-8-23(9-7-20)46-43-18-21-17-42(33-26(36)13-22(35)16-39-33)28-15-29-27(38-11-12-41(29)30(44)5-3-4-10-37)14-24(28)25-19-40(2)34(45)32(43)31(21)25/h6-9,13-16,18-19,38H,3-5,10-12,17,37H2,1-2H3. The Morgan fingerprint density at radius 3 is 2.63 bits per heavy atom. The first-order valence-corrected chi connectivity index (χ1v) is 16.0. The van der Waals surface area contributed by atoms with Crippen molar-refractivity contribution >= 4 is 51.6 Å². The van der Waals surface area contributed by atoms with Crippen molar-refractivity contribution in [2.24, 2.45) is 12.8 Å². The van der Waals surface area contributed by atoms with E-state index < -0.39 is 11.6 Å². The summed E-state index contributed by atoms with van der Waals surface area (Å²) >= 11 is 1.43. The summed E-state index contributed by atoms with van der Waals surface area (Å²) in [5.41, 5.74) is 11.4. The second-order valence-electron chi connectivity index (χ2n) is 11.7. The summed E-state index contributed by atoms with van der Waals surface area (Å²) in [6, 6.07) is 12.7. The molecule has 2 aliphatic rings. The Morgan fingerprint density at radius 1 is 1.07 bits per heavy atom. The van der Waals surface area contributed by atoms with E-state index in [0.29, 0.717) is 49.4 Å². The molecule has 5 aromatic rings. The molecule has 0 aliphatic carbocycles.